The third-order valence-electron chi connectivity index (χ3n) is 0.827. The zero-order valence-corrected chi connectivity index (χ0v) is 11.0. The first-order valence-electron chi connectivity index (χ1n) is 2.78. The Morgan fingerprint density at radius 1 is 1.25 bits per heavy atom. The van der Waals surface area contributed by atoms with Gasteiger partial charge in [0.05, 0.1) is 0 Å². The first-order chi connectivity index (χ1) is 4.50. The predicted molar refractivity (Wildman–Crippen MR) is 47.2 cm³/mol. The molecule has 1 aliphatic rings. The molecule has 0 bridgehead atoms. The molecule has 1 rings (SSSR count). The van der Waals surface area contributed by atoms with E-state index in [2.05, 4.69) is 11.2 Å². The van der Waals surface area contributed by atoms with Gasteiger partial charge in [-0.1, -0.05) is 0 Å². The van der Waals surface area contributed by atoms with Gasteiger partial charge in [-0.15, -0.1) is 0 Å². The van der Waals surface area contributed by atoms with E-state index >= 15 is 0 Å². The second-order valence-electron chi connectivity index (χ2n) is 1.77. The van der Waals surface area contributed by atoms with Crippen molar-refractivity contribution in [3.8, 4) is 0 Å². The van der Waals surface area contributed by atoms with E-state index in [0.29, 0.717) is 0 Å². The summed E-state index contributed by atoms with van der Waals surface area (Å²) in [5, 5.41) is 0. The fourth-order valence-electron chi connectivity index (χ4n) is 0.510. The topological polar surface area (TPSA) is 66.8 Å². The molecule has 12 heavy (non-hydrogen) atoms. The third kappa shape index (κ3) is 30.3. The van der Waals surface area contributed by atoms with Gasteiger partial charge in [-0.25, -0.2) is 0 Å². The van der Waals surface area contributed by atoms with Crippen molar-refractivity contribution in [2.75, 3.05) is 13.2 Å². The van der Waals surface area contributed by atoms with Crippen LogP contribution in [0.2, 0.25) is 0 Å². The maximum absolute atomic E-state index is 9.11. The molecule has 2 N–H and O–H groups in total. The van der Waals surface area contributed by atoms with Gasteiger partial charge >= 0.3 is 29.6 Å². The van der Waals surface area contributed by atoms with E-state index in [1.807, 2.05) is 0 Å². The monoisotopic (exact) mass is 224 g/mol. The van der Waals surface area contributed by atoms with E-state index in [-0.39, 0.29) is 37.0 Å². The summed E-state index contributed by atoms with van der Waals surface area (Å²) < 4.78 is 28.9. The number of ether oxygens (including phenoxy) is 1. The molecule has 1 fully saturated rings. The molecule has 0 amide bonds. The molecule has 0 aromatic heterocycles. The van der Waals surface area contributed by atoms with Crippen molar-refractivity contribution in [3.05, 3.63) is 7.43 Å². The summed E-state index contributed by atoms with van der Waals surface area (Å²) in [6.45, 7) is 2.00. The molecule has 0 spiro atoms. The quantitative estimate of drug-likeness (QED) is 0.365. The molecule has 0 saturated carbocycles. The van der Waals surface area contributed by atoms with Gasteiger partial charge in [0.2, 0.25) is 0 Å². The molecule has 1 heterocycles. The molecule has 1 aliphatic heterocycles. The van der Waals surface area contributed by atoms with Gasteiger partial charge in [-0.05, 0) is 12.8 Å². The van der Waals surface area contributed by atoms with Crippen LogP contribution < -0.4 is 29.6 Å². The van der Waals surface area contributed by atoms with Crippen molar-refractivity contribution in [1.82, 2.24) is 0 Å². The second-order valence-corrected chi connectivity index (χ2v) is 3.97. The minimum Gasteiger partial charge on any atom is -0.381 e. The smallest absolute Gasteiger partial charge is 0.381 e. The Balaban J connectivity index is -0.000000116. The Morgan fingerprint density at radius 2 is 1.50 bits per heavy atom. The van der Waals surface area contributed by atoms with E-state index in [0.717, 1.165) is 13.2 Å². The van der Waals surface area contributed by atoms with Crippen LogP contribution in [0.5, 0.6) is 0 Å². The Labute approximate surface area is 101 Å². The molecule has 1 saturated heterocycles. The van der Waals surface area contributed by atoms with Crippen molar-refractivity contribution >= 4 is 20.2 Å². The molecule has 70 valence electrons. The standard InChI is InChI=1S/C4H8O.CH3.Na.H2O3S2/c1-2-4-5-3-1;;;1-5(2,3)4/h1-4H2;1H3;;(H2,1,2,3,4)/q;-1;+1;. The summed E-state index contributed by atoms with van der Waals surface area (Å²) in [5.74, 6) is 0. The van der Waals surface area contributed by atoms with Crippen LogP contribution in [0.4, 0.5) is 0 Å². The maximum atomic E-state index is 9.11. The summed E-state index contributed by atoms with van der Waals surface area (Å²) >= 11 is 3.47. The van der Waals surface area contributed by atoms with E-state index in [1.54, 1.807) is 0 Å². The van der Waals surface area contributed by atoms with Crippen molar-refractivity contribution in [2.24, 2.45) is 0 Å². The van der Waals surface area contributed by atoms with Gasteiger partial charge < -0.3 is 12.2 Å². The molecule has 0 aromatic carbocycles. The SMILES string of the molecule is C1CCOC1.O=S(O)(O)=S.[CH3-].[Na+]. The van der Waals surface area contributed by atoms with E-state index in [4.69, 9.17) is 18.1 Å². The van der Waals surface area contributed by atoms with Crippen LogP contribution in [-0.2, 0) is 25.0 Å². The second kappa shape index (κ2) is 10.3. The molecule has 4 nitrogen and oxygen atoms in total. The average Bonchev–Trinajstić information content (AvgIpc) is 2.07. The Morgan fingerprint density at radius 3 is 1.58 bits per heavy atom. The molecular formula is C5H13NaO4S2. The summed E-state index contributed by atoms with van der Waals surface area (Å²) in [6, 6.07) is 0. The van der Waals surface area contributed by atoms with E-state index in [1.165, 1.54) is 12.8 Å². The van der Waals surface area contributed by atoms with Crippen molar-refractivity contribution in [3.63, 3.8) is 0 Å². The first-order valence-corrected chi connectivity index (χ1v) is 5.17. The van der Waals surface area contributed by atoms with Crippen molar-refractivity contribution in [2.45, 2.75) is 12.8 Å². The zero-order valence-electron chi connectivity index (χ0n) is 7.36. The molecule has 0 atom stereocenters. The minimum atomic E-state index is -3.83. The van der Waals surface area contributed by atoms with Crippen LogP contribution in [0.1, 0.15) is 12.8 Å². The summed E-state index contributed by atoms with van der Waals surface area (Å²) in [4.78, 5) is 0. The Hall–Kier alpha value is 1.25. The minimum absolute atomic E-state index is 0. The molecule has 0 aromatic rings. The largest absolute Gasteiger partial charge is 1.00 e. The van der Waals surface area contributed by atoms with Gasteiger partial charge in [-0.3, -0.25) is 9.11 Å². The number of rotatable bonds is 0. The summed E-state index contributed by atoms with van der Waals surface area (Å²) in [6.07, 6.45) is 2.56. The Kier molecular flexibility index (Phi) is 16.3. The van der Waals surface area contributed by atoms with Gasteiger partial charge in [-0.2, -0.15) is 4.21 Å². The van der Waals surface area contributed by atoms with Crippen LogP contribution in [0.3, 0.4) is 0 Å². The van der Waals surface area contributed by atoms with Crippen LogP contribution in [0.15, 0.2) is 0 Å². The van der Waals surface area contributed by atoms with Gasteiger partial charge in [0.15, 0.2) is 0 Å². The van der Waals surface area contributed by atoms with Crippen molar-refractivity contribution in [1.29, 1.82) is 0 Å². The third-order valence-corrected chi connectivity index (χ3v) is 0.827. The number of hydrogen-bond donors (Lipinski definition) is 2. The van der Waals surface area contributed by atoms with Gasteiger partial charge in [0, 0.05) is 24.4 Å². The zero-order chi connectivity index (χ0) is 8.04. The fraction of sp³-hybridized carbons (Fsp3) is 0.800. The molecule has 0 radical (unpaired) electrons. The maximum Gasteiger partial charge on any atom is 1.00 e. The van der Waals surface area contributed by atoms with Gasteiger partial charge in [0.1, 0.15) is 0 Å². The van der Waals surface area contributed by atoms with E-state index < -0.39 is 9.05 Å². The fourth-order valence-corrected chi connectivity index (χ4v) is 0.510. The van der Waals surface area contributed by atoms with Crippen LogP contribution in [0, 0.1) is 7.43 Å². The van der Waals surface area contributed by atoms with E-state index in [9.17, 15) is 0 Å². The van der Waals surface area contributed by atoms with Gasteiger partial charge in [0.25, 0.3) is 9.05 Å². The van der Waals surface area contributed by atoms with Crippen LogP contribution in [-0.4, -0.2) is 26.5 Å². The molecule has 0 aliphatic carbocycles. The normalized spacial score (nSPS) is 14.8. The van der Waals surface area contributed by atoms with Crippen molar-refractivity contribution < 1.29 is 47.6 Å². The summed E-state index contributed by atoms with van der Waals surface area (Å²) in [7, 11) is -3.83. The molecule has 7 heteroatoms. The predicted octanol–water partition coefficient (Wildman–Crippen LogP) is -2.07. The Bertz CT molecular complexity index is 149. The molecular weight excluding hydrogens is 211 g/mol. The van der Waals surface area contributed by atoms with Crippen LogP contribution >= 0.6 is 0 Å². The average molecular weight is 224 g/mol. The first kappa shape index (κ1) is 18.9. The molecule has 0 unspecified atom stereocenters. The van der Waals surface area contributed by atoms with Crippen LogP contribution in [0.25, 0.3) is 0 Å². The number of hydrogen-bond acceptors (Lipinski definition) is 3. The summed E-state index contributed by atoms with van der Waals surface area (Å²) in [5.41, 5.74) is 0.